The number of methoxy groups -OCH3 is 2. The molecule has 1 saturated heterocycles. The average Bonchev–Trinajstić information content (AvgIpc) is 3.22. The maximum Gasteiger partial charge on any atom is 0.258 e. The maximum atomic E-state index is 12.6. The third kappa shape index (κ3) is 5.19. The summed E-state index contributed by atoms with van der Waals surface area (Å²) in [5, 5.41) is 5.57. The van der Waals surface area contributed by atoms with Gasteiger partial charge in [-0.1, -0.05) is 36.4 Å². The van der Waals surface area contributed by atoms with E-state index >= 15 is 0 Å². The third-order valence-electron chi connectivity index (χ3n) is 5.64. The van der Waals surface area contributed by atoms with E-state index in [4.69, 9.17) is 9.47 Å². The minimum absolute atomic E-state index is 0.0296. The molecule has 0 aliphatic carbocycles. The number of benzene rings is 2. The molecule has 3 rings (SSSR count). The van der Waals surface area contributed by atoms with Crippen LogP contribution < -0.4 is 20.1 Å². The normalized spacial score (nSPS) is 16.4. The predicted octanol–water partition coefficient (Wildman–Crippen LogP) is 2.16. The van der Waals surface area contributed by atoms with Crippen LogP contribution in [-0.4, -0.2) is 56.5 Å². The highest BCUT2D eigenvalue weighted by Crippen LogP contribution is 2.29. The van der Waals surface area contributed by atoms with Gasteiger partial charge >= 0.3 is 0 Å². The van der Waals surface area contributed by atoms with Crippen molar-refractivity contribution < 1.29 is 23.9 Å². The summed E-state index contributed by atoms with van der Waals surface area (Å²) in [4.78, 5) is 39.3. The number of nitrogens with zero attached hydrogens (tertiary/aromatic N) is 1. The highest BCUT2D eigenvalue weighted by Gasteiger charge is 2.36. The molecule has 2 aromatic rings. The monoisotopic (exact) mass is 439 g/mol. The van der Waals surface area contributed by atoms with Crippen molar-refractivity contribution in [2.75, 3.05) is 33.9 Å². The van der Waals surface area contributed by atoms with Crippen LogP contribution in [0.1, 0.15) is 35.3 Å². The Bertz CT molecular complexity index is 941. The zero-order chi connectivity index (χ0) is 23.1. The van der Waals surface area contributed by atoms with E-state index in [2.05, 4.69) is 10.6 Å². The SMILES string of the molecule is COc1cccc(OC)c1C(=O)NCCNC(=O)C1CC(=O)N(C(C)c2ccccc2)C1. The van der Waals surface area contributed by atoms with Crippen molar-refractivity contribution in [3.05, 3.63) is 59.7 Å². The third-order valence-corrected chi connectivity index (χ3v) is 5.64. The molecule has 8 heteroatoms. The molecule has 3 amide bonds. The van der Waals surface area contributed by atoms with Crippen molar-refractivity contribution in [2.45, 2.75) is 19.4 Å². The molecule has 0 spiro atoms. The van der Waals surface area contributed by atoms with Crippen LogP contribution in [0.15, 0.2) is 48.5 Å². The van der Waals surface area contributed by atoms with Crippen molar-refractivity contribution in [1.82, 2.24) is 15.5 Å². The van der Waals surface area contributed by atoms with Gasteiger partial charge in [-0.15, -0.1) is 0 Å². The highest BCUT2D eigenvalue weighted by molar-refractivity contribution is 5.99. The summed E-state index contributed by atoms with van der Waals surface area (Å²) < 4.78 is 10.5. The van der Waals surface area contributed by atoms with E-state index in [0.717, 1.165) is 5.56 Å². The summed E-state index contributed by atoms with van der Waals surface area (Å²) in [7, 11) is 2.97. The fourth-order valence-corrected chi connectivity index (χ4v) is 3.86. The Labute approximate surface area is 187 Å². The van der Waals surface area contributed by atoms with Crippen molar-refractivity contribution in [3.63, 3.8) is 0 Å². The van der Waals surface area contributed by atoms with E-state index in [1.807, 2.05) is 37.3 Å². The minimum atomic E-state index is -0.404. The van der Waals surface area contributed by atoms with Crippen LogP contribution in [-0.2, 0) is 9.59 Å². The number of ether oxygens (including phenoxy) is 2. The number of hydrogen-bond acceptors (Lipinski definition) is 5. The Hall–Kier alpha value is -3.55. The molecule has 0 aromatic heterocycles. The number of carbonyl (C=O) groups is 3. The van der Waals surface area contributed by atoms with Crippen molar-refractivity contribution >= 4 is 17.7 Å². The second-order valence-corrected chi connectivity index (χ2v) is 7.62. The van der Waals surface area contributed by atoms with Gasteiger partial charge in [-0.2, -0.15) is 0 Å². The average molecular weight is 440 g/mol. The molecular weight excluding hydrogens is 410 g/mol. The predicted molar refractivity (Wildman–Crippen MR) is 120 cm³/mol. The first kappa shape index (κ1) is 23.1. The van der Waals surface area contributed by atoms with E-state index in [1.54, 1.807) is 23.1 Å². The molecule has 170 valence electrons. The standard InChI is InChI=1S/C24H29N3O5/c1-16(17-8-5-4-6-9-17)27-15-18(14-21(27)28)23(29)25-12-13-26-24(30)22-19(31-2)10-7-11-20(22)32-3/h4-11,16,18H,12-15H2,1-3H3,(H,25,29)(H,26,30). The van der Waals surface area contributed by atoms with Crippen molar-refractivity contribution in [2.24, 2.45) is 5.92 Å². The summed E-state index contributed by atoms with van der Waals surface area (Å²) in [5.74, 6) is -0.166. The Morgan fingerprint density at radius 3 is 2.25 bits per heavy atom. The minimum Gasteiger partial charge on any atom is -0.496 e. The zero-order valence-electron chi connectivity index (χ0n) is 18.6. The molecule has 2 atom stereocenters. The van der Waals surface area contributed by atoms with Gasteiger partial charge in [0.2, 0.25) is 11.8 Å². The van der Waals surface area contributed by atoms with Crippen LogP contribution in [0.3, 0.4) is 0 Å². The van der Waals surface area contributed by atoms with Gasteiger partial charge < -0.3 is 25.0 Å². The van der Waals surface area contributed by atoms with E-state index in [0.29, 0.717) is 23.6 Å². The van der Waals surface area contributed by atoms with E-state index < -0.39 is 5.92 Å². The first-order chi connectivity index (χ1) is 15.5. The second-order valence-electron chi connectivity index (χ2n) is 7.62. The molecule has 2 N–H and O–H groups in total. The fraction of sp³-hybridized carbons (Fsp3) is 0.375. The van der Waals surface area contributed by atoms with Gasteiger partial charge in [-0.05, 0) is 24.6 Å². The van der Waals surface area contributed by atoms with E-state index in [-0.39, 0.29) is 43.3 Å². The molecule has 2 unspecified atom stereocenters. The molecule has 2 aromatic carbocycles. The summed E-state index contributed by atoms with van der Waals surface area (Å²) in [6.07, 6.45) is 0.188. The first-order valence-corrected chi connectivity index (χ1v) is 10.6. The number of amides is 3. The summed E-state index contributed by atoms with van der Waals surface area (Å²) >= 11 is 0. The van der Waals surface area contributed by atoms with Crippen LogP contribution in [0.4, 0.5) is 0 Å². The molecule has 1 aliphatic heterocycles. The molecule has 1 aliphatic rings. The zero-order valence-corrected chi connectivity index (χ0v) is 18.6. The lowest BCUT2D eigenvalue weighted by Gasteiger charge is -2.25. The number of rotatable bonds is 9. The van der Waals surface area contributed by atoms with Gasteiger partial charge in [0.1, 0.15) is 17.1 Å². The molecule has 1 heterocycles. The molecule has 32 heavy (non-hydrogen) atoms. The Morgan fingerprint density at radius 1 is 1.00 bits per heavy atom. The van der Waals surface area contributed by atoms with Crippen LogP contribution in [0.25, 0.3) is 0 Å². The van der Waals surface area contributed by atoms with Crippen molar-refractivity contribution in [1.29, 1.82) is 0 Å². The van der Waals surface area contributed by atoms with Gasteiger partial charge in [0.05, 0.1) is 26.2 Å². The molecule has 0 saturated carbocycles. The molecule has 8 nitrogen and oxygen atoms in total. The van der Waals surface area contributed by atoms with Gasteiger partial charge in [0.15, 0.2) is 0 Å². The first-order valence-electron chi connectivity index (χ1n) is 10.6. The van der Waals surface area contributed by atoms with Gasteiger partial charge in [-0.3, -0.25) is 14.4 Å². The lowest BCUT2D eigenvalue weighted by Crippen LogP contribution is -2.38. The smallest absolute Gasteiger partial charge is 0.258 e. The number of carbonyl (C=O) groups excluding carboxylic acids is 3. The topological polar surface area (TPSA) is 97.0 Å². The molecular formula is C24H29N3O5. The van der Waals surface area contributed by atoms with Crippen LogP contribution in [0.2, 0.25) is 0 Å². The van der Waals surface area contributed by atoms with Crippen LogP contribution in [0.5, 0.6) is 11.5 Å². The van der Waals surface area contributed by atoms with Crippen LogP contribution >= 0.6 is 0 Å². The highest BCUT2D eigenvalue weighted by atomic mass is 16.5. The lowest BCUT2D eigenvalue weighted by molar-refractivity contribution is -0.130. The summed E-state index contributed by atoms with van der Waals surface area (Å²) in [5.41, 5.74) is 1.34. The van der Waals surface area contributed by atoms with Crippen LogP contribution in [0, 0.1) is 5.92 Å². The number of nitrogens with one attached hydrogen (secondary N) is 2. The van der Waals surface area contributed by atoms with E-state index in [9.17, 15) is 14.4 Å². The Balaban J connectivity index is 1.49. The summed E-state index contributed by atoms with van der Waals surface area (Å²) in [6.45, 7) is 2.83. The molecule has 0 bridgehead atoms. The van der Waals surface area contributed by atoms with E-state index in [1.165, 1.54) is 14.2 Å². The van der Waals surface area contributed by atoms with Crippen molar-refractivity contribution in [3.8, 4) is 11.5 Å². The lowest BCUT2D eigenvalue weighted by atomic mass is 10.1. The molecule has 0 radical (unpaired) electrons. The number of likely N-dealkylation sites (tertiary alicyclic amines) is 1. The number of hydrogen-bond donors (Lipinski definition) is 2. The quantitative estimate of drug-likeness (QED) is 0.584. The van der Waals surface area contributed by atoms with Gasteiger partial charge in [0.25, 0.3) is 5.91 Å². The second kappa shape index (κ2) is 10.7. The maximum absolute atomic E-state index is 12.6. The van der Waals surface area contributed by atoms with Gasteiger partial charge in [-0.25, -0.2) is 0 Å². The molecule has 1 fully saturated rings. The summed E-state index contributed by atoms with van der Waals surface area (Å²) in [6, 6.07) is 14.8. The Morgan fingerprint density at radius 2 is 1.62 bits per heavy atom. The fourth-order valence-electron chi connectivity index (χ4n) is 3.86. The van der Waals surface area contributed by atoms with Gasteiger partial charge in [0, 0.05) is 26.1 Å². The Kier molecular flexibility index (Phi) is 7.70. The largest absolute Gasteiger partial charge is 0.496 e.